The zero-order valence-electron chi connectivity index (χ0n) is 10.4. The number of hydrogen-bond donors (Lipinski definition) is 0. The molecular formula is C16H14O3. The molecule has 1 aliphatic heterocycles. The molecule has 2 aromatic rings. The van der Waals surface area contributed by atoms with E-state index in [4.69, 9.17) is 14.2 Å². The topological polar surface area (TPSA) is 27.7 Å². The standard InChI is InChI=1S/C16H14O3/c1-2-14(12-6-4-3-5-7-12)19-13-8-9-15-16(10-13)18-11-17-15/h2-10,14H,1,11H2/t14-/m1/s1. The quantitative estimate of drug-likeness (QED) is 0.778. The fourth-order valence-corrected chi connectivity index (χ4v) is 1.99. The van der Waals surface area contributed by atoms with Crippen LogP contribution < -0.4 is 14.2 Å². The number of benzene rings is 2. The van der Waals surface area contributed by atoms with Gasteiger partial charge in [0.25, 0.3) is 0 Å². The van der Waals surface area contributed by atoms with E-state index in [-0.39, 0.29) is 12.9 Å². The van der Waals surface area contributed by atoms with Crippen molar-refractivity contribution >= 4 is 0 Å². The third-order valence-corrected chi connectivity index (χ3v) is 2.95. The molecule has 0 saturated carbocycles. The second-order valence-electron chi connectivity index (χ2n) is 4.20. The van der Waals surface area contributed by atoms with Crippen LogP contribution in [-0.4, -0.2) is 6.79 Å². The summed E-state index contributed by atoms with van der Waals surface area (Å²) < 4.78 is 16.5. The lowest BCUT2D eigenvalue weighted by atomic mass is 10.1. The van der Waals surface area contributed by atoms with Gasteiger partial charge in [0.15, 0.2) is 11.5 Å². The number of rotatable bonds is 4. The highest BCUT2D eigenvalue weighted by Gasteiger charge is 2.15. The zero-order chi connectivity index (χ0) is 13.1. The zero-order valence-corrected chi connectivity index (χ0v) is 10.4. The summed E-state index contributed by atoms with van der Waals surface area (Å²) in [5.74, 6) is 2.20. The van der Waals surface area contributed by atoms with E-state index in [0.29, 0.717) is 5.75 Å². The Balaban J connectivity index is 1.82. The van der Waals surface area contributed by atoms with Crippen LogP contribution in [0.5, 0.6) is 17.2 Å². The highest BCUT2D eigenvalue weighted by atomic mass is 16.7. The third kappa shape index (κ3) is 2.40. The van der Waals surface area contributed by atoms with Gasteiger partial charge in [0.1, 0.15) is 11.9 Å². The molecule has 0 spiro atoms. The molecule has 1 aliphatic rings. The van der Waals surface area contributed by atoms with Gasteiger partial charge < -0.3 is 14.2 Å². The fraction of sp³-hybridized carbons (Fsp3) is 0.125. The maximum atomic E-state index is 5.92. The van der Waals surface area contributed by atoms with Crippen LogP contribution in [0.15, 0.2) is 61.2 Å². The summed E-state index contributed by atoms with van der Waals surface area (Å²) in [6, 6.07) is 15.5. The van der Waals surface area contributed by atoms with Crippen LogP contribution in [0.4, 0.5) is 0 Å². The predicted molar refractivity (Wildman–Crippen MR) is 72.6 cm³/mol. The molecule has 3 heteroatoms. The van der Waals surface area contributed by atoms with Crippen molar-refractivity contribution in [3.05, 3.63) is 66.7 Å². The highest BCUT2D eigenvalue weighted by Crippen LogP contribution is 2.36. The highest BCUT2D eigenvalue weighted by molar-refractivity contribution is 5.47. The van der Waals surface area contributed by atoms with Gasteiger partial charge in [0.05, 0.1) is 0 Å². The van der Waals surface area contributed by atoms with E-state index in [2.05, 4.69) is 6.58 Å². The Kier molecular flexibility index (Phi) is 3.11. The first kappa shape index (κ1) is 11.7. The molecule has 0 amide bonds. The van der Waals surface area contributed by atoms with Gasteiger partial charge >= 0.3 is 0 Å². The largest absolute Gasteiger partial charge is 0.481 e. The smallest absolute Gasteiger partial charge is 0.231 e. The SMILES string of the molecule is C=C[C@@H](Oc1ccc2c(c1)OCO2)c1ccccc1. The Bertz CT molecular complexity index is 578. The van der Waals surface area contributed by atoms with E-state index in [1.165, 1.54) is 0 Å². The molecule has 0 aliphatic carbocycles. The second kappa shape index (κ2) is 5.06. The molecule has 0 fully saturated rings. The molecule has 3 nitrogen and oxygen atoms in total. The van der Waals surface area contributed by atoms with Gasteiger partial charge in [0, 0.05) is 6.07 Å². The summed E-state index contributed by atoms with van der Waals surface area (Å²) in [4.78, 5) is 0. The molecule has 2 aromatic carbocycles. The average Bonchev–Trinajstić information content (AvgIpc) is 2.93. The Morgan fingerprint density at radius 2 is 1.84 bits per heavy atom. The van der Waals surface area contributed by atoms with Gasteiger partial charge in [-0.25, -0.2) is 0 Å². The Morgan fingerprint density at radius 3 is 2.63 bits per heavy atom. The molecular weight excluding hydrogens is 240 g/mol. The molecule has 0 radical (unpaired) electrons. The van der Waals surface area contributed by atoms with Gasteiger partial charge in [-0.2, -0.15) is 0 Å². The van der Waals surface area contributed by atoms with Crippen molar-refractivity contribution in [1.29, 1.82) is 0 Å². The molecule has 3 rings (SSSR count). The van der Waals surface area contributed by atoms with Crippen molar-refractivity contribution in [2.75, 3.05) is 6.79 Å². The predicted octanol–water partition coefficient (Wildman–Crippen LogP) is 3.72. The van der Waals surface area contributed by atoms with E-state index in [9.17, 15) is 0 Å². The molecule has 0 bridgehead atoms. The van der Waals surface area contributed by atoms with Gasteiger partial charge in [-0.15, -0.1) is 0 Å². The molecule has 1 heterocycles. The molecule has 0 N–H and O–H groups in total. The van der Waals surface area contributed by atoms with Crippen LogP contribution in [0.2, 0.25) is 0 Å². The van der Waals surface area contributed by atoms with Gasteiger partial charge in [0.2, 0.25) is 6.79 Å². The summed E-state index contributed by atoms with van der Waals surface area (Å²) in [6.45, 7) is 4.09. The minimum Gasteiger partial charge on any atom is -0.481 e. The summed E-state index contributed by atoms with van der Waals surface area (Å²) in [6.07, 6.45) is 1.60. The van der Waals surface area contributed by atoms with E-state index < -0.39 is 0 Å². The van der Waals surface area contributed by atoms with Crippen molar-refractivity contribution in [3.63, 3.8) is 0 Å². The molecule has 19 heavy (non-hydrogen) atoms. The summed E-state index contributed by atoms with van der Waals surface area (Å²) >= 11 is 0. The molecule has 0 unspecified atom stereocenters. The van der Waals surface area contributed by atoms with Crippen LogP contribution >= 0.6 is 0 Å². The number of ether oxygens (including phenoxy) is 3. The minimum absolute atomic E-state index is 0.179. The lowest BCUT2D eigenvalue weighted by Gasteiger charge is -2.16. The monoisotopic (exact) mass is 254 g/mol. The second-order valence-corrected chi connectivity index (χ2v) is 4.20. The molecule has 0 aromatic heterocycles. The van der Waals surface area contributed by atoms with Crippen molar-refractivity contribution in [2.24, 2.45) is 0 Å². The Hall–Kier alpha value is -2.42. The average molecular weight is 254 g/mol. The van der Waals surface area contributed by atoms with Crippen molar-refractivity contribution < 1.29 is 14.2 Å². The number of fused-ring (bicyclic) bond motifs is 1. The summed E-state index contributed by atoms with van der Waals surface area (Å²) in [7, 11) is 0. The maximum absolute atomic E-state index is 5.92. The summed E-state index contributed by atoms with van der Waals surface area (Å²) in [5, 5.41) is 0. The minimum atomic E-state index is -0.179. The fourth-order valence-electron chi connectivity index (χ4n) is 1.99. The molecule has 0 saturated heterocycles. The maximum Gasteiger partial charge on any atom is 0.231 e. The van der Waals surface area contributed by atoms with Crippen LogP contribution in [0.3, 0.4) is 0 Å². The van der Waals surface area contributed by atoms with Crippen LogP contribution in [0.1, 0.15) is 11.7 Å². The first-order valence-corrected chi connectivity index (χ1v) is 6.10. The first-order valence-electron chi connectivity index (χ1n) is 6.10. The van der Waals surface area contributed by atoms with E-state index in [0.717, 1.165) is 17.1 Å². The lowest BCUT2D eigenvalue weighted by Crippen LogP contribution is -2.04. The first-order chi connectivity index (χ1) is 9.36. The molecule has 96 valence electrons. The molecule has 1 atom stereocenters. The Morgan fingerprint density at radius 1 is 1.05 bits per heavy atom. The van der Waals surface area contributed by atoms with E-state index in [1.54, 1.807) is 6.08 Å². The van der Waals surface area contributed by atoms with Crippen LogP contribution in [-0.2, 0) is 0 Å². The van der Waals surface area contributed by atoms with Crippen LogP contribution in [0, 0.1) is 0 Å². The van der Waals surface area contributed by atoms with E-state index >= 15 is 0 Å². The van der Waals surface area contributed by atoms with Crippen molar-refractivity contribution in [1.82, 2.24) is 0 Å². The van der Waals surface area contributed by atoms with E-state index in [1.807, 2.05) is 48.5 Å². The van der Waals surface area contributed by atoms with Crippen molar-refractivity contribution in [2.45, 2.75) is 6.10 Å². The number of hydrogen-bond acceptors (Lipinski definition) is 3. The van der Waals surface area contributed by atoms with Gasteiger partial charge in [-0.1, -0.05) is 36.9 Å². The van der Waals surface area contributed by atoms with Gasteiger partial charge in [-0.3, -0.25) is 0 Å². The lowest BCUT2D eigenvalue weighted by molar-refractivity contribution is 0.173. The van der Waals surface area contributed by atoms with Gasteiger partial charge in [-0.05, 0) is 23.8 Å². The van der Waals surface area contributed by atoms with Crippen molar-refractivity contribution in [3.8, 4) is 17.2 Å². The van der Waals surface area contributed by atoms with Crippen LogP contribution in [0.25, 0.3) is 0 Å². The Labute approximate surface area is 112 Å². The third-order valence-electron chi connectivity index (χ3n) is 2.95. The summed E-state index contributed by atoms with van der Waals surface area (Å²) in [5.41, 5.74) is 1.06. The normalized spacial score (nSPS) is 13.9.